The van der Waals surface area contributed by atoms with Gasteiger partial charge in [0.1, 0.15) is 5.75 Å². The Bertz CT molecular complexity index is 812. The van der Waals surface area contributed by atoms with E-state index in [1.807, 2.05) is 43.3 Å². The quantitative estimate of drug-likeness (QED) is 0.567. The van der Waals surface area contributed by atoms with Crippen molar-refractivity contribution in [2.24, 2.45) is 5.10 Å². The van der Waals surface area contributed by atoms with Crippen LogP contribution in [-0.2, 0) is 0 Å². The molecule has 0 amide bonds. The van der Waals surface area contributed by atoms with Gasteiger partial charge in [0.15, 0.2) is 0 Å². The molecule has 3 rings (SSSR count). The number of aromatic hydroxyl groups is 1. The van der Waals surface area contributed by atoms with E-state index < -0.39 is 0 Å². The van der Waals surface area contributed by atoms with E-state index in [9.17, 15) is 5.11 Å². The van der Waals surface area contributed by atoms with Crippen molar-refractivity contribution in [3.63, 3.8) is 0 Å². The van der Waals surface area contributed by atoms with Crippen molar-refractivity contribution < 1.29 is 5.11 Å². The minimum absolute atomic E-state index is 0.207. The number of nitrogens with zero attached hydrogens (tertiary/aromatic N) is 2. The highest BCUT2D eigenvalue weighted by Crippen LogP contribution is 2.23. The van der Waals surface area contributed by atoms with Crippen LogP contribution in [0.3, 0.4) is 0 Å². The second kappa shape index (κ2) is 5.63. The number of aryl methyl sites for hydroxylation is 1. The van der Waals surface area contributed by atoms with Crippen LogP contribution in [0.1, 0.15) is 11.3 Å². The molecule has 2 aromatic carbocycles. The smallest absolute Gasteiger partial charge is 0.124 e. The fourth-order valence-electron chi connectivity index (χ4n) is 2.17. The van der Waals surface area contributed by atoms with Crippen molar-refractivity contribution in [1.29, 1.82) is 0 Å². The lowest BCUT2D eigenvalue weighted by Crippen LogP contribution is -1.94. The highest BCUT2D eigenvalue weighted by Gasteiger charge is 2.02. The van der Waals surface area contributed by atoms with E-state index in [0.717, 1.165) is 22.3 Å². The molecule has 104 valence electrons. The van der Waals surface area contributed by atoms with Gasteiger partial charge in [-0.25, -0.2) is 0 Å². The zero-order chi connectivity index (χ0) is 14.7. The van der Waals surface area contributed by atoms with Crippen LogP contribution in [0.4, 0.5) is 5.69 Å². The number of aromatic nitrogens is 1. The van der Waals surface area contributed by atoms with Gasteiger partial charge in [0.25, 0.3) is 0 Å². The van der Waals surface area contributed by atoms with Crippen LogP contribution in [0.25, 0.3) is 10.9 Å². The maximum atomic E-state index is 9.69. The minimum atomic E-state index is 0.207. The minimum Gasteiger partial charge on any atom is -0.507 e. The Morgan fingerprint density at radius 1 is 1.10 bits per heavy atom. The number of hydrazone groups is 1. The van der Waals surface area contributed by atoms with Gasteiger partial charge in [-0.3, -0.25) is 10.4 Å². The van der Waals surface area contributed by atoms with Gasteiger partial charge in [-0.15, -0.1) is 0 Å². The summed E-state index contributed by atoms with van der Waals surface area (Å²) >= 11 is 0. The van der Waals surface area contributed by atoms with Crippen LogP contribution in [-0.4, -0.2) is 16.3 Å². The molecule has 0 bridgehead atoms. The molecule has 0 radical (unpaired) electrons. The zero-order valence-corrected chi connectivity index (χ0v) is 11.6. The molecule has 2 N–H and O–H groups in total. The molecule has 1 heterocycles. The summed E-state index contributed by atoms with van der Waals surface area (Å²) in [5, 5.41) is 14.9. The first kappa shape index (κ1) is 13.1. The first-order valence-electron chi connectivity index (χ1n) is 6.67. The second-order valence-corrected chi connectivity index (χ2v) is 4.76. The topological polar surface area (TPSA) is 57.5 Å². The van der Waals surface area contributed by atoms with Crippen molar-refractivity contribution in [3.05, 3.63) is 65.9 Å². The van der Waals surface area contributed by atoms with Crippen LogP contribution in [0.15, 0.2) is 59.7 Å². The van der Waals surface area contributed by atoms with E-state index in [0.29, 0.717) is 5.56 Å². The molecule has 0 spiro atoms. The van der Waals surface area contributed by atoms with Crippen LogP contribution >= 0.6 is 0 Å². The molecular weight excluding hydrogens is 262 g/mol. The van der Waals surface area contributed by atoms with Gasteiger partial charge < -0.3 is 5.11 Å². The maximum Gasteiger partial charge on any atom is 0.124 e. The van der Waals surface area contributed by atoms with Gasteiger partial charge >= 0.3 is 0 Å². The molecule has 0 unspecified atom stereocenters. The Hall–Kier alpha value is -2.88. The fraction of sp³-hybridized carbons (Fsp3) is 0.0588. The summed E-state index contributed by atoms with van der Waals surface area (Å²) in [7, 11) is 0. The predicted octanol–water partition coefficient (Wildman–Crippen LogP) is 3.69. The molecule has 4 heteroatoms. The number of fused-ring (bicyclic) bond motifs is 1. The normalized spacial score (nSPS) is 11.1. The van der Waals surface area contributed by atoms with Crippen molar-refractivity contribution in [2.45, 2.75) is 6.92 Å². The van der Waals surface area contributed by atoms with Gasteiger partial charge in [-0.2, -0.15) is 5.10 Å². The third-order valence-corrected chi connectivity index (χ3v) is 3.17. The summed E-state index contributed by atoms with van der Waals surface area (Å²) in [6, 6.07) is 16.9. The number of rotatable bonds is 3. The number of benzene rings is 2. The number of phenols is 1. The van der Waals surface area contributed by atoms with E-state index in [-0.39, 0.29) is 5.75 Å². The Kier molecular flexibility index (Phi) is 3.51. The molecule has 0 atom stereocenters. The SMILES string of the molecule is Cc1cc(N/N=C/c2ccccc2O)c2ccccc2n1. The molecule has 0 saturated heterocycles. The largest absolute Gasteiger partial charge is 0.507 e. The molecule has 1 aromatic heterocycles. The van der Waals surface area contributed by atoms with Crippen LogP contribution in [0, 0.1) is 6.92 Å². The molecular formula is C17H15N3O. The van der Waals surface area contributed by atoms with Crippen molar-refractivity contribution >= 4 is 22.8 Å². The van der Waals surface area contributed by atoms with Gasteiger partial charge in [-0.05, 0) is 31.2 Å². The Balaban J connectivity index is 1.90. The van der Waals surface area contributed by atoms with Gasteiger partial charge in [0.05, 0.1) is 17.4 Å². The molecule has 0 aliphatic carbocycles. The van der Waals surface area contributed by atoms with E-state index in [2.05, 4.69) is 15.5 Å². The molecule has 0 saturated carbocycles. The monoisotopic (exact) mass is 277 g/mol. The number of phenolic OH excluding ortho intramolecular Hbond substituents is 1. The van der Waals surface area contributed by atoms with Gasteiger partial charge in [0, 0.05) is 16.6 Å². The molecule has 3 aromatic rings. The second-order valence-electron chi connectivity index (χ2n) is 4.76. The van der Waals surface area contributed by atoms with E-state index in [4.69, 9.17) is 0 Å². The lowest BCUT2D eigenvalue weighted by Gasteiger charge is -2.06. The standard InChI is InChI=1S/C17H15N3O/c1-12-10-16(14-7-3-4-8-15(14)19-12)20-18-11-13-6-2-5-9-17(13)21/h2-11,21H,1H3,(H,19,20)/b18-11+. The third kappa shape index (κ3) is 2.84. The highest BCUT2D eigenvalue weighted by atomic mass is 16.3. The van der Waals surface area contributed by atoms with Crippen molar-refractivity contribution in [1.82, 2.24) is 4.98 Å². The summed E-state index contributed by atoms with van der Waals surface area (Å²) in [5.41, 5.74) is 6.44. The molecule has 21 heavy (non-hydrogen) atoms. The van der Waals surface area contributed by atoms with Crippen LogP contribution in [0.2, 0.25) is 0 Å². The summed E-state index contributed by atoms with van der Waals surface area (Å²) < 4.78 is 0. The first-order chi connectivity index (χ1) is 10.2. The summed E-state index contributed by atoms with van der Waals surface area (Å²) in [6.45, 7) is 1.95. The lowest BCUT2D eigenvalue weighted by atomic mass is 10.1. The van der Waals surface area contributed by atoms with Crippen LogP contribution < -0.4 is 5.43 Å². The number of anilines is 1. The predicted molar refractivity (Wildman–Crippen MR) is 85.8 cm³/mol. The number of hydrogen-bond donors (Lipinski definition) is 2. The molecule has 0 aliphatic heterocycles. The van der Waals surface area contributed by atoms with Gasteiger partial charge in [0.2, 0.25) is 0 Å². The third-order valence-electron chi connectivity index (χ3n) is 3.17. The lowest BCUT2D eigenvalue weighted by molar-refractivity contribution is 0.474. The Morgan fingerprint density at radius 3 is 2.71 bits per heavy atom. The van der Waals surface area contributed by atoms with E-state index >= 15 is 0 Å². The van der Waals surface area contributed by atoms with Crippen LogP contribution in [0.5, 0.6) is 5.75 Å². The average molecular weight is 277 g/mol. The van der Waals surface area contributed by atoms with Crippen molar-refractivity contribution in [3.8, 4) is 5.75 Å². The number of para-hydroxylation sites is 2. The average Bonchev–Trinajstić information content (AvgIpc) is 2.49. The van der Waals surface area contributed by atoms with E-state index in [1.165, 1.54) is 0 Å². The number of pyridine rings is 1. The van der Waals surface area contributed by atoms with Crippen molar-refractivity contribution in [2.75, 3.05) is 5.43 Å². The summed E-state index contributed by atoms with van der Waals surface area (Å²) in [4.78, 5) is 4.48. The summed E-state index contributed by atoms with van der Waals surface area (Å²) in [6.07, 6.45) is 1.60. The summed E-state index contributed by atoms with van der Waals surface area (Å²) in [5.74, 6) is 0.207. The number of nitrogens with one attached hydrogen (secondary N) is 1. The van der Waals surface area contributed by atoms with Gasteiger partial charge in [-0.1, -0.05) is 30.3 Å². The molecule has 0 fully saturated rings. The maximum absolute atomic E-state index is 9.69. The zero-order valence-electron chi connectivity index (χ0n) is 11.6. The first-order valence-corrected chi connectivity index (χ1v) is 6.67. The molecule has 0 aliphatic rings. The molecule has 4 nitrogen and oxygen atoms in total. The van der Waals surface area contributed by atoms with E-state index in [1.54, 1.807) is 24.4 Å². The fourth-order valence-corrected chi connectivity index (χ4v) is 2.17. The number of hydrogen-bond acceptors (Lipinski definition) is 4. The Labute approximate surface area is 122 Å². The highest BCUT2D eigenvalue weighted by molar-refractivity contribution is 5.92. The Morgan fingerprint density at radius 2 is 1.86 bits per heavy atom.